The maximum Gasteiger partial charge on any atom is -1.00 e. The van der Waals surface area contributed by atoms with Gasteiger partial charge in [-0.2, -0.15) is 0 Å². The molecule has 0 spiro atoms. The minimum Gasteiger partial charge on any atom is -1.00 e. The van der Waals surface area contributed by atoms with Crippen molar-refractivity contribution in [1.29, 1.82) is 0 Å². The number of halogens is 1. The molecule has 0 aromatic rings. The second kappa shape index (κ2) is 5.25. The van der Waals surface area contributed by atoms with Crippen molar-refractivity contribution in [3.8, 4) is 0 Å². The van der Waals surface area contributed by atoms with Gasteiger partial charge in [-0.05, 0) is 0 Å². The Hall–Kier alpha value is 1.25. The summed E-state index contributed by atoms with van der Waals surface area (Å²) in [6, 6.07) is 0. The molecule has 0 radical (unpaired) electrons. The van der Waals surface area contributed by atoms with Crippen LogP contribution >= 0.6 is 0 Å². The third-order valence-corrected chi connectivity index (χ3v) is 0. The standard InChI is InChI=1S/C3H9Se.HI/c1-4(2)3;/h1-3H3;1H/q+1;/p-1. The number of rotatable bonds is 0. The van der Waals surface area contributed by atoms with Crippen LogP contribution in [0.15, 0.2) is 0 Å². The van der Waals surface area contributed by atoms with Crippen molar-refractivity contribution >= 4 is 13.9 Å². The Morgan fingerprint density at radius 3 is 1.00 bits per heavy atom. The zero-order chi connectivity index (χ0) is 3.58. The van der Waals surface area contributed by atoms with E-state index in [1.54, 1.807) is 0 Å². The summed E-state index contributed by atoms with van der Waals surface area (Å²) in [4.78, 5) is 0. The Kier molecular flexibility index (Phi) is 10.0. The average Bonchev–Trinajstić information content (AvgIpc) is 0.811. The molecule has 0 saturated carbocycles. The number of hydrogen-bond donors (Lipinski definition) is 0. The summed E-state index contributed by atoms with van der Waals surface area (Å²) in [5, 5.41) is 0. The molecular formula is C3H9ISe. The maximum atomic E-state index is 2.29. The topological polar surface area (TPSA) is 0 Å². The molecule has 0 saturated heterocycles. The third kappa shape index (κ3) is 35.5. The minimum absolute atomic E-state index is 0. The Labute approximate surface area is 55.2 Å². The zero-order valence-electron chi connectivity index (χ0n) is 3.79. The molecule has 0 aromatic heterocycles. The van der Waals surface area contributed by atoms with Gasteiger partial charge in [0.2, 0.25) is 0 Å². The quantitative estimate of drug-likeness (QED) is 0.358. The predicted octanol–water partition coefficient (Wildman–Crippen LogP) is -1.63. The van der Waals surface area contributed by atoms with Crippen molar-refractivity contribution in [1.82, 2.24) is 0 Å². The molecule has 0 amide bonds. The van der Waals surface area contributed by atoms with E-state index in [4.69, 9.17) is 0 Å². The second-order valence-corrected chi connectivity index (χ2v) is 6.36. The average molecular weight is 251 g/mol. The van der Waals surface area contributed by atoms with Gasteiger partial charge in [0, 0.05) is 0 Å². The van der Waals surface area contributed by atoms with E-state index >= 15 is 0 Å². The van der Waals surface area contributed by atoms with E-state index in [9.17, 15) is 0 Å². The van der Waals surface area contributed by atoms with E-state index in [1.165, 1.54) is 0 Å². The van der Waals surface area contributed by atoms with Crippen LogP contribution in [0.2, 0.25) is 17.5 Å². The van der Waals surface area contributed by atoms with Crippen molar-refractivity contribution in [2.75, 3.05) is 0 Å². The van der Waals surface area contributed by atoms with E-state index in [-0.39, 0.29) is 37.9 Å². The fraction of sp³-hybridized carbons (Fsp3) is 1.00. The SMILES string of the molecule is C[Se+](C)C.[I-]. The van der Waals surface area contributed by atoms with E-state index in [0.717, 1.165) is 0 Å². The first-order valence-electron chi connectivity index (χ1n) is 1.22. The molecule has 0 aliphatic rings. The predicted molar refractivity (Wildman–Crippen MR) is 23.3 cm³/mol. The first kappa shape index (κ1) is 9.54. The molecule has 0 heterocycles. The summed E-state index contributed by atoms with van der Waals surface area (Å²) >= 11 is -0.0417. The van der Waals surface area contributed by atoms with Crippen LogP contribution < -0.4 is 24.0 Å². The van der Waals surface area contributed by atoms with Gasteiger partial charge >= 0.3 is 31.4 Å². The van der Waals surface area contributed by atoms with Gasteiger partial charge in [0.25, 0.3) is 0 Å². The van der Waals surface area contributed by atoms with Gasteiger partial charge in [-0.25, -0.2) is 0 Å². The molecule has 0 unspecified atom stereocenters. The molecular weight excluding hydrogens is 242 g/mol. The van der Waals surface area contributed by atoms with Gasteiger partial charge in [-0.3, -0.25) is 0 Å². The maximum absolute atomic E-state index is 2.29. The summed E-state index contributed by atoms with van der Waals surface area (Å²) in [5.41, 5.74) is 0. The monoisotopic (exact) mass is 252 g/mol. The number of hydrogen-bond acceptors (Lipinski definition) is 0. The molecule has 34 valence electrons. The van der Waals surface area contributed by atoms with E-state index in [1.807, 2.05) is 0 Å². The summed E-state index contributed by atoms with van der Waals surface area (Å²) < 4.78 is 0. The molecule has 0 nitrogen and oxygen atoms in total. The molecule has 0 aromatic carbocycles. The Morgan fingerprint density at radius 1 is 1.00 bits per heavy atom. The summed E-state index contributed by atoms with van der Waals surface area (Å²) in [6.45, 7) is 0. The molecule has 0 atom stereocenters. The van der Waals surface area contributed by atoms with Crippen molar-refractivity contribution < 1.29 is 24.0 Å². The summed E-state index contributed by atoms with van der Waals surface area (Å²) in [5.74, 6) is 6.88. The first-order chi connectivity index (χ1) is 1.73. The van der Waals surface area contributed by atoms with Crippen LogP contribution in [0, 0.1) is 0 Å². The summed E-state index contributed by atoms with van der Waals surface area (Å²) in [7, 11) is 0. The van der Waals surface area contributed by atoms with Crippen LogP contribution in [0.3, 0.4) is 0 Å². The van der Waals surface area contributed by atoms with Gasteiger partial charge in [0.1, 0.15) is 0 Å². The van der Waals surface area contributed by atoms with E-state index in [0.29, 0.717) is 0 Å². The fourth-order valence-corrected chi connectivity index (χ4v) is 0. The molecule has 0 rings (SSSR count). The van der Waals surface area contributed by atoms with Crippen molar-refractivity contribution in [2.45, 2.75) is 17.5 Å². The Balaban J connectivity index is 0. The normalized spacial score (nSPS) is 7.20. The second-order valence-electron chi connectivity index (χ2n) is 1.22. The van der Waals surface area contributed by atoms with Crippen molar-refractivity contribution in [3.63, 3.8) is 0 Å². The van der Waals surface area contributed by atoms with Crippen LogP contribution in [0.25, 0.3) is 0 Å². The van der Waals surface area contributed by atoms with Gasteiger partial charge in [-0.15, -0.1) is 0 Å². The summed E-state index contributed by atoms with van der Waals surface area (Å²) in [6.07, 6.45) is 0. The molecule has 0 aliphatic carbocycles. The van der Waals surface area contributed by atoms with Gasteiger partial charge in [0.15, 0.2) is 0 Å². The smallest absolute Gasteiger partial charge is 1.00 e. The van der Waals surface area contributed by atoms with Crippen molar-refractivity contribution in [3.05, 3.63) is 0 Å². The zero-order valence-corrected chi connectivity index (χ0v) is 7.66. The molecule has 0 aliphatic heterocycles. The van der Waals surface area contributed by atoms with Gasteiger partial charge in [0.05, 0.1) is 0 Å². The Bertz CT molecular complexity index is 11.6. The van der Waals surface area contributed by atoms with E-state index in [2.05, 4.69) is 17.5 Å². The molecule has 0 fully saturated rings. The minimum atomic E-state index is -0.0417. The first-order valence-corrected chi connectivity index (χ1v) is 6.36. The largest absolute Gasteiger partial charge is 1.00 e. The molecule has 5 heavy (non-hydrogen) atoms. The molecule has 2 heteroatoms. The van der Waals surface area contributed by atoms with Crippen LogP contribution in [0.1, 0.15) is 0 Å². The Morgan fingerprint density at radius 2 is 1.00 bits per heavy atom. The van der Waals surface area contributed by atoms with Crippen molar-refractivity contribution in [2.24, 2.45) is 0 Å². The van der Waals surface area contributed by atoms with E-state index < -0.39 is 0 Å². The van der Waals surface area contributed by atoms with Crippen LogP contribution in [0.5, 0.6) is 0 Å². The molecule has 0 N–H and O–H groups in total. The molecule has 0 bridgehead atoms. The van der Waals surface area contributed by atoms with Crippen LogP contribution in [-0.2, 0) is 0 Å². The van der Waals surface area contributed by atoms with Crippen LogP contribution in [0.4, 0.5) is 0 Å². The van der Waals surface area contributed by atoms with Gasteiger partial charge in [-0.1, -0.05) is 0 Å². The third-order valence-electron chi connectivity index (χ3n) is 0. The van der Waals surface area contributed by atoms with Gasteiger partial charge < -0.3 is 24.0 Å². The fourth-order valence-electron chi connectivity index (χ4n) is 0. The van der Waals surface area contributed by atoms with Crippen LogP contribution in [-0.4, -0.2) is 13.9 Å².